The lowest BCUT2D eigenvalue weighted by molar-refractivity contribution is 0.304. The van der Waals surface area contributed by atoms with Gasteiger partial charge in [-0.05, 0) is 31.0 Å². The summed E-state index contributed by atoms with van der Waals surface area (Å²) in [5, 5.41) is 11.8. The summed E-state index contributed by atoms with van der Waals surface area (Å²) in [6, 6.07) is 8.00. The van der Waals surface area contributed by atoms with Crippen molar-refractivity contribution >= 4 is 5.71 Å². The van der Waals surface area contributed by atoms with Crippen LogP contribution in [0, 0.1) is 0 Å². The number of ether oxygens (including phenoxy) is 1. The number of unbranched alkanes of at least 4 members (excludes halogenated alkanes) is 5. The lowest BCUT2D eigenvalue weighted by Crippen LogP contribution is -1.99. The largest absolute Gasteiger partial charge is 0.494 e. The highest BCUT2D eigenvalue weighted by atomic mass is 16.5. The molecule has 3 heteroatoms. The van der Waals surface area contributed by atoms with Crippen molar-refractivity contribution in [2.45, 2.75) is 58.8 Å². The molecule has 0 spiro atoms. The van der Waals surface area contributed by atoms with Gasteiger partial charge in [0.2, 0.25) is 0 Å². The lowest BCUT2D eigenvalue weighted by Gasteiger charge is -2.07. The minimum absolute atomic E-state index is 0.675. The van der Waals surface area contributed by atoms with Crippen LogP contribution in [-0.4, -0.2) is 17.5 Å². The van der Waals surface area contributed by atoms with Crippen LogP contribution in [0.15, 0.2) is 29.4 Å². The molecular weight excluding hydrogens is 250 g/mol. The van der Waals surface area contributed by atoms with E-state index in [1.54, 1.807) is 0 Å². The third-order valence-corrected chi connectivity index (χ3v) is 3.32. The van der Waals surface area contributed by atoms with Crippen LogP contribution in [0.2, 0.25) is 0 Å². The SMILES string of the molecule is CCCCCCCCOc1ccc(C/C(C)=N/O)cc1. The van der Waals surface area contributed by atoms with Gasteiger partial charge in [-0.1, -0.05) is 56.3 Å². The van der Waals surface area contributed by atoms with Crippen molar-refractivity contribution in [1.29, 1.82) is 0 Å². The van der Waals surface area contributed by atoms with Crippen LogP contribution in [0.3, 0.4) is 0 Å². The average molecular weight is 277 g/mol. The van der Waals surface area contributed by atoms with E-state index >= 15 is 0 Å². The first-order chi connectivity index (χ1) is 9.76. The maximum atomic E-state index is 8.63. The summed E-state index contributed by atoms with van der Waals surface area (Å²) >= 11 is 0. The Morgan fingerprint density at radius 3 is 2.35 bits per heavy atom. The van der Waals surface area contributed by atoms with Crippen LogP contribution in [0.5, 0.6) is 5.75 Å². The number of rotatable bonds is 10. The second-order valence-corrected chi connectivity index (χ2v) is 5.27. The highest BCUT2D eigenvalue weighted by Crippen LogP contribution is 2.14. The fourth-order valence-electron chi connectivity index (χ4n) is 2.11. The monoisotopic (exact) mass is 277 g/mol. The molecule has 0 fully saturated rings. The van der Waals surface area contributed by atoms with E-state index in [0.29, 0.717) is 12.1 Å². The number of hydrogen-bond donors (Lipinski definition) is 1. The molecule has 0 saturated carbocycles. The highest BCUT2D eigenvalue weighted by molar-refractivity contribution is 5.83. The highest BCUT2D eigenvalue weighted by Gasteiger charge is 1.98. The van der Waals surface area contributed by atoms with Crippen LogP contribution in [0.1, 0.15) is 57.9 Å². The Labute approximate surface area is 122 Å². The van der Waals surface area contributed by atoms with Crippen molar-refractivity contribution in [1.82, 2.24) is 0 Å². The maximum Gasteiger partial charge on any atom is 0.119 e. The van der Waals surface area contributed by atoms with Crippen LogP contribution in [-0.2, 0) is 6.42 Å². The topological polar surface area (TPSA) is 41.8 Å². The fraction of sp³-hybridized carbons (Fsp3) is 0.588. The van der Waals surface area contributed by atoms with Crippen molar-refractivity contribution in [3.05, 3.63) is 29.8 Å². The third-order valence-electron chi connectivity index (χ3n) is 3.32. The molecule has 3 nitrogen and oxygen atoms in total. The van der Waals surface area contributed by atoms with Gasteiger partial charge in [0.05, 0.1) is 12.3 Å². The van der Waals surface area contributed by atoms with Gasteiger partial charge < -0.3 is 9.94 Å². The van der Waals surface area contributed by atoms with E-state index in [-0.39, 0.29) is 0 Å². The molecule has 1 aromatic rings. The van der Waals surface area contributed by atoms with Gasteiger partial charge in [0.15, 0.2) is 0 Å². The molecule has 0 heterocycles. The Morgan fingerprint density at radius 1 is 1.05 bits per heavy atom. The van der Waals surface area contributed by atoms with Gasteiger partial charge in [-0.3, -0.25) is 0 Å². The molecule has 0 atom stereocenters. The van der Waals surface area contributed by atoms with Gasteiger partial charge >= 0.3 is 0 Å². The normalized spacial score (nSPS) is 11.6. The Balaban J connectivity index is 2.18. The first-order valence-corrected chi connectivity index (χ1v) is 7.65. The van der Waals surface area contributed by atoms with Crippen LogP contribution in [0.25, 0.3) is 0 Å². The average Bonchev–Trinajstić information content (AvgIpc) is 2.48. The number of nitrogens with zero attached hydrogens (tertiary/aromatic N) is 1. The van der Waals surface area contributed by atoms with Gasteiger partial charge in [0.25, 0.3) is 0 Å². The van der Waals surface area contributed by atoms with E-state index in [4.69, 9.17) is 9.94 Å². The van der Waals surface area contributed by atoms with Gasteiger partial charge in [-0.2, -0.15) is 0 Å². The molecule has 0 amide bonds. The summed E-state index contributed by atoms with van der Waals surface area (Å²) < 4.78 is 5.72. The molecule has 20 heavy (non-hydrogen) atoms. The Bertz CT molecular complexity index is 384. The molecule has 0 saturated heterocycles. The van der Waals surface area contributed by atoms with Crippen molar-refractivity contribution in [3.63, 3.8) is 0 Å². The molecule has 0 bridgehead atoms. The molecule has 0 unspecified atom stereocenters. The smallest absolute Gasteiger partial charge is 0.119 e. The van der Waals surface area contributed by atoms with Gasteiger partial charge in [0, 0.05) is 6.42 Å². The van der Waals surface area contributed by atoms with Gasteiger partial charge in [-0.15, -0.1) is 0 Å². The molecule has 1 N–H and O–H groups in total. The number of benzene rings is 1. The predicted octanol–water partition coefficient (Wildman–Crippen LogP) is 4.82. The zero-order valence-corrected chi connectivity index (χ0v) is 12.8. The predicted molar refractivity (Wildman–Crippen MR) is 83.9 cm³/mol. The summed E-state index contributed by atoms with van der Waals surface area (Å²) in [5.41, 5.74) is 1.85. The zero-order valence-electron chi connectivity index (χ0n) is 12.8. The van der Waals surface area contributed by atoms with Crippen LogP contribution in [0.4, 0.5) is 0 Å². The Kier molecular flexibility index (Phi) is 8.52. The van der Waals surface area contributed by atoms with E-state index in [0.717, 1.165) is 24.3 Å². The molecule has 0 aliphatic carbocycles. The zero-order chi connectivity index (χ0) is 14.6. The standard InChI is InChI=1S/C17H27NO2/c1-3-4-5-6-7-8-13-20-17-11-9-16(10-12-17)14-15(2)18-19/h9-12,19H,3-8,13-14H2,1-2H3/b18-15+. The number of oxime groups is 1. The minimum Gasteiger partial charge on any atom is -0.494 e. The molecule has 0 aliphatic rings. The van der Waals surface area contributed by atoms with E-state index in [9.17, 15) is 0 Å². The summed E-state index contributed by atoms with van der Waals surface area (Å²) in [5.74, 6) is 0.917. The van der Waals surface area contributed by atoms with E-state index in [1.807, 2.05) is 31.2 Å². The molecule has 0 aromatic heterocycles. The summed E-state index contributed by atoms with van der Waals surface area (Å²) in [4.78, 5) is 0. The van der Waals surface area contributed by atoms with Crippen LogP contribution >= 0.6 is 0 Å². The lowest BCUT2D eigenvalue weighted by atomic mass is 10.1. The summed E-state index contributed by atoms with van der Waals surface area (Å²) in [6.07, 6.45) is 8.36. The van der Waals surface area contributed by atoms with Crippen molar-refractivity contribution in [2.24, 2.45) is 5.16 Å². The molecule has 0 aliphatic heterocycles. The quantitative estimate of drug-likeness (QED) is 0.288. The third kappa shape index (κ3) is 7.17. The summed E-state index contributed by atoms with van der Waals surface area (Å²) in [6.45, 7) is 4.84. The van der Waals surface area contributed by atoms with E-state index < -0.39 is 0 Å². The molecule has 1 aromatic carbocycles. The number of hydrogen-bond acceptors (Lipinski definition) is 3. The molecule has 1 rings (SSSR count). The van der Waals surface area contributed by atoms with Gasteiger partial charge in [-0.25, -0.2) is 0 Å². The van der Waals surface area contributed by atoms with E-state index in [2.05, 4.69) is 12.1 Å². The first kappa shape index (κ1) is 16.5. The fourth-order valence-corrected chi connectivity index (χ4v) is 2.11. The first-order valence-electron chi connectivity index (χ1n) is 7.65. The molecular formula is C17H27NO2. The molecule has 112 valence electrons. The van der Waals surface area contributed by atoms with Crippen molar-refractivity contribution < 1.29 is 9.94 Å². The Hall–Kier alpha value is -1.51. The van der Waals surface area contributed by atoms with Crippen LogP contribution < -0.4 is 4.74 Å². The maximum absolute atomic E-state index is 8.63. The summed E-state index contributed by atoms with van der Waals surface area (Å²) in [7, 11) is 0. The Morgan fingerprint density at radius 2 is 1.70 bits per heavy atom. The van der Waals surface area contributed by atoms with Crippen molar-refractivity contribution in [3.8, 4) is 5.75 Å². The second-order valence-electron chi connectivity index (χ2n) is 5.27. The molecule has 0 radical (unpaired) electrons. The minimum atomic E-state index is 0.675. The second kappa shape index (κ2) is 10.3. The van der Waals surface area contributed by atoms with Crippen molar-refractivity contribution in [2.75, 3.05) is 6.61 Å². The van der Waals surface area contributed by atoms with E-state index in [1.165, 1.54) is 32.1 Å². The van der Waals surface area contributed by atoms with Gasteiger partial charge in [0.1, 0.15) is 5.75 Å².